The van der Waals surface area contributed by atoms with E-state index in [-0.39, 0.29) is 0 Å². The highest BCUT2D eigenvalue weighted by Gasteiger charge is 1.92. The Morgan fingerprint density at radius 2 is 0.750 bits per heavy atom. The summed E-state index contributed by atoms with van der Waals surface area (Å²) in [4.78, 5) is 45.3. The lowest BCUT2D eigenvalue weighted by molar-refractivity contribution is 0.361. The summed E-state index contributed by atoms with van der Waals surface area (Å²) in [6.45, 7) is 2.89. The van der Waals surface area contributed by atoms with Crippen molar-refractivity contribution in [2.24, 2.45) is 0 Å². The summed E-state index contributed by atoms with van der Waals surface area (Å²) < 4.78 is 0. The van der Waals surface area contributed by atoms with Gasteiger partial charge in [0.2, 0.25) is 0 Å². The molecule has 0 aromatic carbocycles. The standard InChI is InChI=1S/2C3H6.2H3O3PS/c2*1-3-2;2*1-4(2,3)5/h2*3H,1H2,2H3;2*(H3,1,2,3,5). The highest BCUT2D eigenvalue weighted by molar-refractivity contribution is 8.06. The van der Waals surface area contributed by atoms with Gasteiger partial charge in [-0.15, -0.1) is 13.2 Å². The van der Waals surface area contributed by atoms with Crippen LogP contribution in [0.15, 0.2) is 25.3 Å². The minimum atomic E-state index is -3.81. The Labute approximate surface area is 106 Å². The van der Waals surface area contributed by atoms with Crippen molar-refractivity contribution in [1.82, 2.24) is 0 Å². The molecular formula is C6H18O6P2S2. The molecule has 0 radical (unpaired) electrons. The van der Waals surface area contributed by atoms with Crippen LogP contribution in [0.2, 0.25) is 0 Å². The van der Waals surface area contributed by atoms with Crippen LogP contribution in [0.4, 0.5) is 0 Å². The lowest BCUT2D eigenvalue weighted by Crippen LogP contribution is -1.65. The van der Waals surface area contributed by atoms with Crippen LogP contribution in [0.3, 0.4) is 0 Å². The molecule has 0 rings (SSSR count). The SMILES string of the molecule is C=CC.C=CC.OP(O)(O)=S.OP(O)(O)=S. The van der Waals surface area contributed by atoms with Gasteiger partial charge in [-0.05, 0) is 37.5 Å². The maximum Gasteiger partial charge on any atom is 0.319 e. The molecule has 0 heterocycles. The molecule has 100 valence electrons. The van der Waals surface area contributed by atoms with Gasteiger partial charge in [-0.25, -0.2) is 0 Å². The molecule has 6 nitrogen and oxygen atoms in total. The third-order valence-corrected chi connectivity index (χ3v) is 0. The molecule has 6 N–H and O–H groups in total. The number of hydrogen-bond donors (Lipinski definition) is 6. The molecule has 10 heteroatoms. The van der Waals surface area contributed by atoms with Crippen molar-refractivity contribution >= 4 is 37.1 Å². The van der Waals surface area contributed by atoms with E-state index in [0.29, 0.717) is 0 Å². The van der Waals surface area contributed by atoms with Crippen molar-refractivity contribution in [3.8, 4) is 0 Å². The first-order valence-electron chi connectivity index (χ1n) is 3.54. The van der Waals surface area contributed by atoms with Gasteiger partial charge in [0.25, 0.3) is 0 Å². The van der Waals surface area contributed by atoms with Crippen LogP contribution in [-0.2, 0) is 23.6 Å². The van der Waals surface area contributed by atoms with Crippen LogP contribution >= 0.6 is 13.4 Å². The van der Waals surface area contributed by atoms with E-state index >= 15 is 0 Å². The largest absolute Gasteiger partial charge is 0.325 e. The third kappa shape index (κ3) is 9140. The Morgan fingerprint density at radius 1 is 0.750 bits per heavy atom. The quantitative estimate of drug-likeness (QED) is 0.286. The predicted molar refractivity (Wildman–Crippen MR) is 73.6 cm³/mol. The Hall–Kier alpha value is 0.540. The van der Waals surface area contributed by atoms with Crippen LogP contribution in [0.1, 0.15) is 13.8 Å². The second-order valence-corrected chi connectivity index (χ2v) is 6.84. The first kappa shape index (κ1) is 25.4. The summed E-state index contributed by atoms with van der Waals surface area (Å²) in [5.41, 5.74) is 0. The van der Waals surface area contributed by atoms with E-state index in [4.69, 9.17) is 29.4 Å². The topological polar surface area (TPSA) is 121 Å². The van der Waals surface area contributed by atoms with Gasteiger partial charge in [0.1, 0.15) is 0 Å². The van der Waals surface area contributed by atoms with Crippen molar-refractivity contribution < 1.29 is 29.4 Å². The maximum atomic E-state index is 7.56. The fraction of sp³-hybridized carbons (Fsp3) is 0.333. The Bertz CT molecular complexity index is 203. The summed E-state index contributed by atoms with van der Waals surface area (Å²) >= 11 is 7.21. The first-order chi connectivity index (χ1) is 6.83. The molecule has 0 aromatic heterocycles. The molecule has 0 saturated carbocycles. The zero-order valence-electron chi connectivity index (χ0n) is 8.96. The van der Waals surface area contributed by atoms with Crippen LogP contribution in [0.5, 0.6) is 0 Å². The van der Waals surface area contributed by atoms with E-state index in [1.807, 2.05) is 13.8 Å². The number of hydrogen-bond acceptors (Lipinski definition) is 2. The smallest absolute Gasteiger partial charge is 0.319 e. The zero-order valence-corrected chi connectivity index (χ0v) is 12.4. The summed E-state index contributed by atoms with van der Waals surface area (Å²) in [7, 11) is 0. The van der Waals surface area contributed by atoms with E-state index in [2.05, 4.69) is 36.8 Å². The fourth-order valence-corrected chi connectivity index (χ4v) is 0. The van der Waals surface area contributed by atoms with E-state index in [1.54, 1.807) is 12.2 Å². The van der Waals surface area contributed by atoms with Crippen LogP contribution in [0.25, 0.3) is 0 Å². The predicted octanol–water partition coefficient (Wildman–Crippen LogP) is 0.760. The zero-order chi connectivity index (χ0) is 14.4. The highest BCUT2D eigenvalue weighted by atomic mass is 32.5. The maximum absolute atomic E-state index is 7.56. The number of rotatable bonds is 0. The van der Waals surface area contributed by atoms with Crippen LogP contribution < -0.4 is 0 Å². The molecule has 0 aliphatic carbocycles. The van der Waals surface area contributed by atoms with Gasteiger partial charge in [-0.3, -0.25) is 0 Å². The van der Waals surface area contributed by atoms with Gasteiger partial charge in [-0.1, -0.05) is 12.2 Å². The lowest BCUT2D eigenvalue weighted by Gasteiger charge is -1.88. The second kappa shape index (κ2) is 15.5. The van der Waals surface area contributed by atoms with Gasteiger partial charge < -0.3 is 29.4 Å². The van der Waals surface area contributed by atoms with Gasteiger partial charge in [-0.2, -0.15) is 0 Å². The Morgan fingerprint density at radius 3 is 0.750 bits per heavy atom. The number of allylic oxidation sites excluding steroid dienone is 2. The molecule has 0 saturated heterocycles. The van der Waals surface area contributed by atoms with E-state index in [1.165, 1.54) is 0 Å². The van der Waals surface area contributed by atoms with E-state index < -0.39 is 13.4 Å². The van der Waals surface area contributed by atoms with Crippen molar-refractivity contribution in [2.45, 2.75) is 13.8 Å². The monoisotopic (exact) mass is 312 g/mol. The Balaban J connectivity index is -0.0000000621. The molecule has 0 atom stereocenters. The fourth-order valence-electron chi connectivity index (χ4n) is 0. The van der Waals surface area contributed by atoms with Crippen molar-refractivity contribution in [3.63, 3.8) is 0 Å². The lowest BCUT2D eigenvalue weighted by atomic mass is 10.8. The van der Waals surface area contributed by atoms with E-state index in [9.17, 15) is 0 Å². The normalized spacial score (nSPS) is 9.00. The third-order valence-electron chi connectivity index (χ3n) is 0. The second-order valence-electron chi connectivity index (χ2n) is 1.84. The average Bonchev–Trinajstić information content (AvgIpc) is 1.79. The first-order valence-corrected chi connectivity index (χ1v) is 8.86. The highest BCUT2D eigenvalue weighted by Crippen LogP contribution is 2.26. The molecule has 0 aromatic rings. The van der Waals surface area contributed by atoms with Crippen molar-refractivity contribution in [3.05, 3.63) is 25.3 Å². The van der Waals surface area contributed by atoms with Crippen molar-refractivity contribution in [1.29, 1.82) is 0 Å². The van der Waals surface area contributed by atoms with Crippen LogP contribution in [0, 0.1) is 0 Å². The van der Waals surface area contributed by atoms with E-state index in [0.717, 1.165) is 0 Å². The molecule has 0 aliphatic rings. The minimum absolute atomic E-state index is 1.75. The van der Waals surface area contributed by atoms with Crippen LogP contribution in [-0.4, -0.2) is 29.4 Å². The summed E-state index contributed by atoms with van der Waals surface area (Å²) in [5, 5.41) is 0. The Kier molecular flexibility index (Phi) is 24.7. The molecule has 0 unspecified atom stereocenters. The van der Waals surface area contributed by atoms with Gasteiger partial charge in [0, 0.05) is 0 Å². The molecular weight excluding hydrogens is 294 g/mol. The molecule has 0 amide bonds. The molecule has 16 heavy (non-hydrogen) atoms. The molecule has 0 bridgehead atoms. The summed E-state index contributed by atoms with van der Waals surface area (Å²) in [6.07, 6.45) is 3.50. The van der Waals surface area contributed by atoms with Gasteiger partial charge >= 0.3 is 13.4 Å². The van der Waals surface area contributed by atoms with Crippen molar-refractivity contribution in [2.75, 3.05) is 0 Å². The summed E-state index contributed by atoms with van der Waals surface area (Å²) in [6, 6.07) is 0. The average molecular weight is 312 g/mol. The minimum Gasteiger partial charge on any atom is -0.325 e. The van der Waals surface area contributed by atoms with Gasteiger partial charge in [0.05, 0.1) is 0 Å². The summed E-state index contributed by atoms with van der Waals surface area (Å²) in [5.74, 6) is 0. The molecule has 0 fully saturated rings. The molecule has 0 spiro atoms. The molecule has 0 aliphatic heterocycles. The van der Waals surface area contributed by atoms with Gasteiger partial charge in [0.15, 0.2) is 0 Å².